The van der Waals surface area contributed by atoms with Crippen LogP contribution in [0.1, 0.15) is 56.2 Å². The van der Waals surface area contributed by atoms with E-state index in [0.29, 0.717) is 5.69 Å². The van der Waals surface area contributed by atoms with E-state index in [2.05, 4.69) is 10.3 Å². The lowest BCUT2D eigenvalue weighted by molar-refractivity contribution is 0.00619. The van der Waals surface area contributed by atoms with Gasteiger partial charge >= 0.3 is 5.97 Å². The topological polar surface area (TPSA) is 57.0 Å². The fraction of sp³-hybridized carbons (Fsp3) is 0.769. The average molecular weight is 251 g/mol. The summed E-state index contributed by atoms with van der Waals surface area (Å²) in [5.41, 5.74) is 0.632. The summed E-state index contributed by atoms with van der Waals surface area (Å²) in [6.07, 6.45) is 3.78. The van der Waals surface area contributed by atoms with Gasteiger partial charge in [-0.1, -0.05) is 18.1 Å². The summed E-state index contributed by atoms with van der Waals surface area (Å²) in [6, 6.07) is 0. The predicted octanol–water partition coefficient (Wildman–Crippen LogP) is 2.34. The normalized spacial score (nSPS) is 15.8. The van der Waals surface area contributed by atoms with E-state index in [-0.39, 0.29) is 0 Å². The SMILES string of the molecule is Cc1c(C(=O)OC(C)(C)C)nnn1CCC1CC1. The fourth-order valence-corrected chi connectivity index (χ4v) is 1.80. The van der Waals surface area contributed by atoms with Crippen LogP contribution in [0.2, 0.25) is 0 Å². The lowest BCUT2D eigenvalue weighted by atomic mass is 10.2. The second-order valence-electron chi connectivity index (χ2n) is 5.98. The van der Waals surface area contributed by atoms with Crippen LogP contribution in [-0.2, 0) is 11.3 Å². The standard InChI is InChI=1S/C13H21N3O2/c1-9-11(12(17)18-13(2,3)4)14-15-16(9)8-7-10-5-6-10/h10H,5-8H2,1-4H3. The third-order valence-electron chi connectivity index (χ3n) is 3.02. The molecule has 100 valence electrons. The summed E-state index contributed by atoms with van der Waals surface area (Å²) in [5, 5.41) is 7.97. The summed E-state index contributed by atoms with van der Waals surface area (Å²) in [6.45, 7) is 8.24. The molecule has 0 aromatic carbocycles. The molecular formula is C13H21N3O2. The molecule has 1 aliphatic rings. The summed E-state index contributed by atoms with van der Waals surface area (Å²) < 4.78 is 7.10. The number of carbonyl (C=O) groups is 1. The molecule has 0 N–H and O–H groups in total. The molecule has 1 saturated carbocycles. The Hall–Kier alpha value is -1.39. The molecule has 0 saturated heterocycles. The molecule has 1 aromatic heterocycles. The van der Waals surface area contributed by atoms with E-state index in [1.54, 1.807) is 4.68 Å². The second-order valence-corrected chi connectivity index (χ2v) is 5.98. The van der Waals surface area contributed by atoms with Crippen LogP contribution < -0.4 is 0 Å². The van der Waals surface area contributed by atoms with Crippen molar-refractivity contribution in [2.75, 3.05) is 0 Å². The Morgan fingerprint density at radius 3 is 2.67 bits per heavy atom. The monoisotopic (exact) mass is 251 g/mol. The largest absolute Gasteiger partial charge is 0.455 e. The first-order chi connectivity index (χ1) is 8.37. The lowest BCUT2D eigenvalue weighted by Gasteiger charge is -2.18. The van der Waals surface area contributed by atoms with Crippen molar-refractivity contribution >= 4 is 5.97 Å². The summed E-state index contributed by atoms with van der Waals surface area (Å²) in [5.74, 6) is 0.455. The van der Waals surface area contributed by atoms with E-state index in [9.17, 15) is 4.79 Å². The minimum absolute atomic E-state index is 0.334. The van der Waals surface area contributed by atoms with Crippen molar-refractivity contribution in [3.8, 4) is 0 Å². The van der Waals surface area contributed by atoms with Gasteiger partial charge in [0.1, 0.15) is 5.60 Å². The van der Waals surface area contributed by atoms with Gasteiger partial charge in [0.2, 0.25) is 0 Å². The van der Waals surface area contributed by atoms with Crippen LogP contribution in [0, 0.1) is 12.8 Å². The first-order valence-corrected chi connectivity index (χ1v) is 6.50. The Balaban J connectivity index is 2.02. The summed E-state index contributed by atoms with van der Waals surface area (Å²) in [7, 11) is 0. The molecule has 0 spiro atoms. The minimum atomic E-state index is -0.499. The maximum absolute atomic E-state index is 11.9. The molecule has 0 aliphatic heterocycles. The molecule has 2 rings (SSSR count). The van der Waals surface area contributed by atoms with Gasteiger partial charge in [0.15, 0.2) is 5.69 Å². The van der Waals surface area contributed by atoms with Gasteiger partial charge in [0, 0.05) is 6.54 Å². The molecule has 18 heavy (non-hydrogen) atoms. The highest BCUT2D eigenvalue weighted by atomic mass is 16.6. The molecule has 0 amide bonds. The zero-order chi connectivity index (χ0) is 13.3. The van der Waals surface area contributed by atoms with Gasteiger partial charge in [-0.15, -0.1) is 5.10 Å². The lowest BCUT2D eigenvalue weighted by Crippen LogP contribution is -2.24. The van der Waals surface area contributed by atoms with Crippen molar-refractivity contribution in [2.45, 2.75) is 59.1 Å². The third kappa shape index (κ3) is 3.31. The van der Waals surface area contributed by atoms with Gasteiger partial charge in [0.25, 0.3) is 0 Å². The van der Waals surface area contributed by atoms with Crippen LogP contribution >= 0.6 is 0 Å². The maximum Gasteiger partial charge on any atom is 0.361 e. The smallest absolute Gasteiger partial charge is 0.361 e. The number of aromatic nitrogens is 3. The molecule has 0 radical (unpaired) electrons. The molecule has 5 nitrogen and oxygen atoms in total. The Morgan fingerprint density at radius 1 is 1.44 bits per heavy atom. The molecule has 1 fully saturated rings. The van der Waals surface area contributed by atoms with Crippen LogP contribution in [0.25, 0.3) is 0 Å². The van der Waals surface area contributed by atoms with Gasteiger partial charge in [-0.05, 0) is 40.0 Å². The minimum Gasteiger partial charge on any atom is -0.455 e. The molecule has 1 aromatic rings. The van der Waals surface area contributed by atoms with E-state index in [1.165, 1.54) is 12.8 Å². The second kappa shape index (κ2) is 4.71. The Morgan fingerprint density at radius 2 is 2.11 bits per heavy atom. The van der Waals surface area contributed by atoms with E-state index in [1.807, 2.05) is 27.7 Å². The van der Waals surface area contributed by atoms with Crippen LogP contribution in [-0.4, -0.2) is 26.6 Å². The zero-order valence-corrected chi connectivity index (χ0v) is 11.6. The summed E-state index contributed by atoms with van der Waals surface area (Å²) in [4.78, 5) is 11.9. The predicted molar refractivity (Wildman–Crippen MR) is 67.3 cm³/mol. The van der Waals surface area contributed by atoms with Gasteiger partial charge in [0.05, 0.1) is 5.69 Å². The van der Waals surface area contributed by atoms with Gasteiger partial charge in [-0.3, -0.25) is 0 Å². The molecule has 0 bridgehead atoms. The number of aryl methyl sites for hydroxylation is 1. The molecular weight excluding hydrogens is 230 g/mol. The van der Waals surface area contributed by atoms with Crippen LogP contribution in [0.4, 0.5) is 0 Å². The number of nitrogens with zero attached hydrogens (tertiary/aromatic N) is 3. The van der Waals surface area contributed by atoms with Crippen molar-refractivity contribution in [3.63, 3.8) is 0 Å². The molecule has 5 heteroatoms. The first-order valence-electron chi connectivity index (χ1n) is 6.50. The Bertz CT molecular complexity index is 442. The number of esters is 1. The van der Waals surface area contributed by atoms with Crippen molar-refractivity contribution < 1.29 is 9.53 Å². The molecule has 1 aliphatic carbocycles. The number of carbonyl (C=O) groups excluding carboxylic acids is 1. The highest BCUT2D eigenvalue weighted by Crippen LogP contribution is 2.32. The number of hydrogen-bond acceptors (Lipinski definition) is 4. The molecule has 1 heterocycles. The quantitative estimate of drug-likeness (QED) is 0.771. The fourth-order valence-electron chi connectivity index (χ4n) is 1.80. The van der Waals surface area contributed by atoms with Crippen LogP contribution in [0.5, 0.6) is 0 Å². The third-order valence-corrected chi connectivity index (χ3v) is 3.02. The van der Waals surface area contributed by atoms with E-state index in [0.717, 1.165) is 24.6 Å². The molecule has 0 unspecified atom stereocenters. The van der Waals surface area contributed by atoms with Gasteiger partial charge in [-0.2, -0.15) is 0 Å². The first kappa shape index (κ1) is 13.1. The van der Waals surface area contributed by atoms with E-state index in [4.69, 9.17) is 4.74 Å². The van der Waals surface area contributed by atoms with E-state index < -0.39 is 11.6 Å². The van der Waals surface area contributed by atoms with Gasteiger partial charge < -0.3 is 4.74 Å². The highest BCUT2D eigenvalue weighted by Gasteiger charge is 2.25. The summed E-state index contributed by atoms with van der Waals surface area (Å²) >= 11 is 0. The van der Waals surface area contributed by atoms with Crippen LogP contribution in [0.3, 0.4) is 0 Å². The Labute approximate surface area is 108 Å². The maximum atomic E-state index is 11.9. The number of hydrogen-bond donors (Lipinski definition) is 0. The highest BCUT2D eigenvalue weighted by molar-refractivity contribution is 5.88. The van der Waals surface area contributed by atoms with Crippen molar-refractivity contribution in [3.05, 3.63) is 11.4 Å². The zero-order valence-electron chi connectivity index (χ0n) is 11.6. The molecule has 0 atom stereocenters. The number of rotatable bonds is 4. The van der Waals surface area contributed by atoms with E-state index >= 15 is 0 Å². The van der Waals surface area contributed by atoms with Crippen LogP contribution in [0.15, 0.2) is 0 Å². The average Bonchev–Trinajstić information content (AvgIpc) is 2.97. The Kier molecular flexibility index (Phi) is 3.41. The van der Waals surface area contributed by atoms with Gasteiger partial charge in [-0.25, -0.2) is 9.48 Å². The van der Waals surface area contributed by atoms with Crippen molar-refractivity contribution in [2.24, 2.45) is 5.92 Å². The number of ether oxygens (including phenoxy) is 1. The van der Waals surface area contributed by atoms with Crippen molar-refractivity contribution in [1.82, 2.24) is 15.0 Å². The van der Waals surface area contributed by atoms with Crippen molar-refractivity contribution in [1.29, 1.82) is 0 Å².